The molecule has 0 saturated carbocycles. The van der Waals surface area contributed by atoms with E-state index in [1.165, 1.54) is 20.4 Å². The summed E-state index contributed by atoms with van der Waals surface area (Å²) in [7, 11) is 0. The molecule has 1 N–H and O–H groups in total. The molecule has 1 aromatic carbocycles. The number of rotatable bonds is 5. The summed E-state index contributed by atoms with van der Waals surface area (Å²) in [5, 5.41) is 10.1. The predicted octanol–water partition coefficient (Wildman–Crippen LogP) is 3.66. The fourth-order valence-corrected chi connectivity index (χ4v) is 4.55. The molecule has 0 spiro atoms. The number of amides is 1. The highest BCUT2D eigenvalue weighted by Gasteiger charge is 2.18. The van der Waals surface area contributed by atoms with Gasteiger partial charge in [0.25, 0.3) is 5.91 Å². The largest absolute Gasteiger partial charge is 0.350 e. The molecule has 0 bridgehead atoms. The van der Waals surface area contributed by atoms with Gasteiger partial charge in [-0.15, -0.1) is 16.4 Å². The van der Waals surface area contributed by atoms with Gasteiger partial charge in [0.15, 0.2) is 10.8 Å². The molecular weight excluding hydrogens is 424 g/mol. The van der Waals surface area contributed by atoms with Gasteiger partial charge in [0, 0.05) is 34.8 Å². The lowest BCUT2D eigenvalue weighted by molar-refractivity contribution is 0.102. The number of thiazole rings is 1. The van der Waals surface area contributed by atoms with Crippen molar-refractivity contribution in [1.29, 1.82) is 0 Å². The van der Waals surface area contributed by atoms with E-state index in [1.54, 1.807) is 24.5 Å². The Morgan fingerprint density at radius 1 is 1.12 bits per heavy atom. The van der Waals surface area contributed by atoms with Gasteiger partial charge in [-0.2, -0.15) is 0 Å². The van der Waals surface area contributed by atoms with E-state index in [2.05, 4.69) is 15.4 Å². The van der Waals surface area contributed by atoms with Crippen molar-refractivity contribution >= 4 is 28.6 Å². The number of nitrogens with zero attached hydrogens (tertiary/aromatic N) is 5. The minimum absolute atomic E-state index is 0.192. The summed E-state index contributed by atoms with van der Waals surface area (Å²) in [4.78, 5) is 29.9. The summed E-state index contributed by atoms with van der Waals surface area (Å²) >= 11 is 1.52. The number of carbonyl (C=O) groups is 1. The molecule has 4 aromatic heterocycles. The molecule has 0 aliphatic rings. The van der Waals surface area contributed by atoms with Gasteiger partial charge in [-0.1, -0.05) is 18.2 Å². The SMILES string of the molecule is Cc1cc(C(=O)Nc2cccc(Cn3nc4ccccn4c3=O)c2)c(C)n1-c1nccs1. The van der Waals surface area contributed by atoms with Crippen LogP contribution in [0.4, 0.5) is 5.69 Å². The van der Waals surface area contributed by atoms with Crippen LogP contribution >= 0.6 is 11.3 Å². The Hall–Kier alpha value is -3.98. The molecule has 5 aromatic rings. The third-order valence-electron chi connectivity index (χ3n) is 5.29. The standard InChI is InChI=1S/C23H20N6O2S/c1-15-12-19(16(2)29(15)22-24-9-11-32-22)21(30)25-18-7-5-6-17(13-18)14-28-23(31)27-10-4-3-8-20(27)26-28/h3-13H,14H2,1-2H3,(H,25,30). The molecule has 0 aliphatic heterocycles. The van der Waals surface area contributed by atoms with Crippen LogP contribution < -0.4 is 11.0 Å². The lowest BCUT2D eigenvalue weighted by Crippen LogP contribution is -2.21. The third kappa shape index (κ3) is 3.52. The molecule has 8 nitrogen and oxygen atoms in total. The molecule has 160 valence electrons. The summed E-state index contributed by atoms with van der Waals surface area (Å²) < 4.78 is 4.90. The van der Waals surface area contributed by atoms with Crippen LogP contribution in [0.2, 0.25) is 0 Å². The highest BCUT2D eigenvalue weighted by molar-refractivity contribution is 7.12. The van der Waals surface area contributed by atoms with Gasteiger partial charge >= 0.3 is 5.69 Å². The molecule has 9 heteroatoms. The van der Waals surface area contributed by atoms with Gasteiger partial charge in [0.1, 0.15) is 0 Å². The van der Waals surface area contributed by atoms with E-state index < -0.39 is 0 Å². The highest BCUT2D eigenvalue weighted by Crippen LogP contribution is 2.23. The molecule has 4 heterocycles. The van der Waals surface area contributed by atoms with Crippen LogP contribution in [0.25, 0.3) is 10.8 Å². The number of benzene rings is 1. The molecule has 0 aliphatic carbocycles. The first-order valence-corrected chi connectivity index (χ1v) is 10.9. The first-order chi connectivity index (χ1) is 15.5. The zero-order valence-corrected chi connectivity index (χ0v) is 18.3. The van der Waals surface area contributed by atoms with E-state index in [4.69, 9.17) is 0 Å². The van der Waals surface area contributed by atoms with Crippen molar-refractivity contribution in [2.45, 2.75) is 20.4 Å². The van der Waals surface area contributed by atoms with Crippen molar-refractivity contribution in [3.8, 4) is 5.13 Å². The summed E-state index contributed by atoms with van der Waals surface area (Å²) in [5.74, 6) is -0.192. The molecule has 1 amide bonds. The van der Waals surface area contributed by atoms with Crippen molar-refractivity contribution in [1.82, 2.24) is 23.7 Å². The molecular formula is C23H20N6O2S. The van der Waals surface area contributed by atoms with Gasteiger partial charge in [-0.05, 0) is 49.7 Å². The Morgan fingerprint density at radius 2 is 2.00 bits per heavy atom. The Labute approximate surface area is 187 Å². The summed E-state index contributed by atoms with van der Waals surface area (Å²) in [6, 6.07) is 14.7. The molecule has 0 fully saturated rings. The first kappa shape index (κ1) is 20.0. The number of pyridine rings is 1. The second-order valence-electron chi connectivity index (χ2n) is 7.46. The van der Waals surface area contributed by atoms with Gasteiger partial charge in [0.05, 0.1) is 12.1 Å². The van der Waals surface area contributed by atoms with Crippen molar-refractivity contribution < 1.29 is 4.79 Å². The minimum Gasteiger partial charge on any atom is -0.322 e. The first-order valence-electron chi connectivity index (χ1n) is 10.0. The van der Waals surface area contributed by atoms with E-state index in [0.29, 0.717) is 23.4 Å². The van der Waals surface area contributed by atoms with Crippen LogP contribution in [0, 0.1) is 13.8 Å². The van der Waals surface area contributed by atoms with Crippen molar-refractivity contribution in [3.63, 3.8) is 0 Å². The Kier molecular flexibility index (Phi) is 4.95. The Bertz CT molecular complexity index is 1490. The topological polar surface area (TPSA) is 86.2 Å². The molecule has 0 saturated heterocycles. The fourth-order valence-electron chi connectivity index (χ4n) is 3.80. The number of aryl methyl sites for hydroxylation is 1. The number of nitrogens with one attached hydrogen (secondary N) is 1. The number of hydrogen-bond donors (Lipinski definition) is 1. The molecule has 32 heavy (non-hydrogen) atoms. The Morgan fingerprint density at radius 3 is 2.78 bits per heavy atom. The van der Waals surface area contributed by atoms with Gasteiger partial charge in [0.2, 0.25) is 0 Å². The predicted molar refractivity (Wildman–Crippen MR) is 124 cm³/mol. The second kappa shape index (κ2) is 7.93. The van der Waals surface area contributed by atoms with Gasteiger partial charge in [-0.3, -0.25) is 13.8 Å². The van der Waals surface area contributed by atoms with Crippen LogP contribution in [0.5, 0.6) is 0 Å². The summed E-state index contributed by atoms with van der Waals surface area (Å²) in [6.45, 7) is 4.18. The van der Waals surface area contributed by atoms with Crippen molar-refractivity contribution in [3.05, 3.63) is 99.3 Å². The molecule has 0 radical (unpaired) electrons. The van der Waals surface area contributed by atoms with Crippen LogP contribution in [-0.2, 0) is 6.54 Å². The van der Waals surface area contributed by atoms with Crippen molar-refractivity contribution in [2.75, 3.05) is 5.32 Å². The molecule has 5 rings (SSSR count). The Balaban J connectivity index is 1.38. The zero-order chi connectivity index (χ0) is 22.2. The smallest absolute Gasteiger partial charge is 0.322 e. The van der Waals surface area contributed by atoms with Crippen molar-refractivity contribution in [2.24, 2.45) is 0 Å². The lowest BCUT2D eigenvalue weighted by atomic mass is 10.2. The van der Waals surface area contributed by atoms with E-state index in [9.17, 15) is 9.59 Å². The number of carbonyl (C=O) groups excluding carboxylic acids is 1. The number of fused-ring (bicyclic) bond motifs is 1. The molecule has 0 unspecified atom stereocenters. The van der Waals surface area contributed by atoms with Crippen LogP contribution in [-0.4, -0.2) is 29.6 Å². The fraction of sp³-hybridized carbons (Fsp3) is 0.130. The monoisotopic (exact) mass is 444 g/mol. The maximum atomic E-state index is 13.0. The van der Waals surface area contributed by atoms with Gasteiger partial charge in [-0.25, -0.2) is 14.5 Å². The number of aromatic nitrogens is 5. The van der Waals surface area contributed by atoms with Crippen LogP contribution in [0.1, 0.15) is 27.3 Å². The van der Waals surface area contributed by atoms with E-state index >= 15 is 0 Å². The van der Waals surface area contributed by atoms with Crippen LogP contribution in [0.15, 0.2) is 71.1 Å². The summed E-state index contributed by atoms with van der Waals surface area (Å²) in [6.07, 6.45) is 3.44. The van der Waals surface area contributed by atoms with Crippen LogP contribution in [0.3, 0.4) is 0 Å². The maximum absolute atomic E-state index is 13.0. The number of anilines is 1. The average Bonchev–Trinajstić information content (AvgIpc) is 3.48. The van der Waals surface area contributed by atoms with Gasteiger partial charge < -0.3 is 5.32 Å². The zero-order valence-electron chi connectivity index (χ0n) is 17.5. The lowest BCUT2D eigenvalue weighted by Gasteiger charge is -2.08. The second-order valence-corrected chi connectivity index (χ2v) is 8.33. The molecule has 0 atom stereocenters. The summed E-state index contributed by atoms with van der Waals surface area (Å²) in [5.41, 5.74) is 4.29. The minimum atomic E-state index is -0.204. The average molecular weight is 445 g/mol. The highest BCUT2D eigenvalue weighted by atomic mass is 32.1. The normalized spacial score (nSPS) is 11.2. The van der Waals surface area contributed by atoms with E-state index in [0.717, 1.165) is 22.1 Å². The third-order valence-corrected chi connectivity index (χ3v) is 6.05. The van der Waals surface area contributed by atoms with E-state index in [-0.39, 0.29) is 11.6 Å². The van der Waals surface area contributed by atoms with E-state index in [1.807, 2.05) is 60.2 Å². The number of hydrogen-bond acceptors (Lipinski definition) is 5. The maximum Gasteiger partial charge on any atom is 0.350 e. The quantitative estimate of drug-likeness (QED) is 0.448.